The fourth-order valence-electron chi connectivity index (χ4n) is 2.27. The lowest BCUT2D eigenvalue weighted by molar-refractivity contribution is 0.219. The van der Waals surface area contributed by atoms with Crippen LogP contribution in [-0.2, 0) is 19.8 Å². The van der Waals surface area contributed by atoms with E-state index in [2.05, 4.69) is 0 Å². The zero-order valence-electron chi connectivity index (χ0n) is 13.3. The molecular weight excluding hydrogens is 275 g/mol. The van der Waals surface area contributed by atoms with Crippen LogP contribution in [0.15, 0.2) is 6.07 Å². The van der Waals surface area contributed by atoms with Crippen molar-refractivity contribution >= 4 is 7.60 Å². The molecule has 114 valence electrons. The molecule has 1 rings (SSSR count). The van der Waals surface area contributed by atoms with Crippen LogP contribution in [0.2, 0.25) is 0 Å². The molecule has 1 aromatic carbocycles. The van der Waals surface area contributed by atoms with Gasteiger partial charge < -0.3 is 13.8 Å². The Bertz CT molecular complexity index is 501. The van der Waals surface area contributed by atoms with Gasteiger partial charge in [0.25, 0.3) is 0 Å². The van der Waals surface area contributed by atoms with Crippen LogP contribution < -0.4 is 4.74 Å². The molecule has 0 aliphatic heterocycles. The Morgan fingerprint density at radius 3 is 2.05 bits per heavy atom. The maximum Gasteiger partial charge on any atom is 0.335 e. The maximum absolute atomic E-state index is 12.7. The van der Waals surface area contributed by atoms with Crippen molar-refractivity contribution in [3.05, 3.63) is 28.3 Å². The number of hydrogen-bond donors (Lipinski definition) is 0. The van der Waals surface area contributed by atoms with E-state index in [-0.39, 0.29) is 0 Å². The number of aryl methyl sites for hydroxylation is 1. The monoisotopic (exact) mass is 300 g/mol. The largest absolute Gasteiger partial charge is 0.496 e. The molecular formula is C15H25O4P. The van der Waals surface area contributed by atoms with Crippen molar-refractivity contribution in [3.63, 3.8) is 0 Å². The summed E-state index contributed by atoms with van der Waals surface area (Å²) in [6.45, 7) is 10.4. The van der Waals surface area contributed by atoms with Gasteiger partial charge in [-0.05, 0) is 62.9 Å². The second-order valence-electron chi connectivity index (χ2n) is 4.73. The first kappa shape index (κ1) is 17.2. The lowest BCUT2D eigenvalue weighted by Gasteiger charge is -2.21. The molecule has 0 unspecified atom stereocenters. The van der Waals surface area contributed by atoms with Gasteiger partial charge in [-0.1, -0.05) is 0 Å². The van der Waals surface area contributed by atoms with E-state index in [0.717, 1.165) is 28.0 Å². The second-order valence-corrected chi connectivity index (χ2v) is 6.78. The normalized spacial score (nSPS) is 11.7. The number of rotatable bonds is 7. The number of benzene rings is 1. The van der Waals surface area contributed by atoms with E-state index in [4.69, 9.17) is 13.8 Å². The summed E-state index contributed by atoms with van der Waals surface area (Å²) in [6, 6.07) is 1.97. The highest BCUT2D eigenvalue weighted by Crippen LogP contribution is 2.52. The van der Waals surface area contributed by atoms with Crippen molar-refractivity contribution in [1.29, 1.82) is 0 Å². The summed E-state index contributed by atoms with van der Waals surface area (Å²) in [6.07, 6.45) is 0.303. The van der Waals surface area contributed by atoms with Gasteiger partial charge in [0.15, 0.2) is 0 Å². The predicted molar refractivity (Wildman–Crippen MR) is 81.8 cm³/mol. The van der Waals surface area contributed by atoms with Crippen LogP contribution in [0.5, 0.6) is 5.75 Å². The van der Waals surface area contributed by atoms with Crippen LogP contribution in [0, 0.1) is 20.8 Å². The summed E-state index contributed by atoms with van der Waals surface area (Å²) in [5.41, 5.74) is 4.22. The fraction of sp³-hybridized carbons (Fsp3) is 0.600. The van der Waals surface area contributed by atoms with Crippen LogP contribution in [0.3, 0.4) is 0 Å². The van der Waals surface area contributed by atoms with Crippen LogP contribution >= 0.6 is 7.60 Å². The van der Waals surface area contributed by atoms with Gasteiger partial charge in [0.2, 0.25) is 0 Å². The number of ether oxygens (including phenoxy) is 1. The van der Waals surface area contributed by atoms with E-state index in [1.54, 1.807) is 7.11 Å². The number of methoxy groups -OCH3 is 1. The molecule has 0 spiro atoms. The molecule has 0 N–H and O–H groups in total. The highest BCUT2D eigenvalue weighted by molar-refractivity contribution is 7.53. The zero-order chi connectivity index (χ0) is 15.3. The van der Waals surface area contributed by atoms with Crippen molar-refractivity contribution in [3.8, 4) is 5.75 Å². The van der Waals surface area contributed by atoms with Gasteiger partial charge in [-0.3, -0.25) is 4.57 Å². The van der Waals surface area contributed by atoms with Crippen molar-refractivity contribution in [2.24, 2.45) is 0 Å². The first-order valence-electron chi connectivity index (χ1n) is 6.90. The standard InChI is InChI=1S/C15H25O4P/c1-7-18-20(16,19-8-2)10-14-11(3)9-15(17-6)13(5)12(14)4/h9H,7-8,10H2,1-6H3. The van der Waals surface area contributed by atoms with Gasteiger partial charge in [0, 0.05) is 0 Å². The summed E-state index contributed by atoms with van der Waals surface area (Å²) in [5.74, 6) is 0.853. The molecule has 0 heterocycles. The van der Waals surface area contributed by atoms with Crippen molar-refractivity contribution in [1.82, 2.24) is 0 Å². The molecule has 0 atom stereocenters. The molecule has 1 aromatic rings. The second kappa shape index (κ2) is 7.26. The molecule has 0 radical (unpaired) electrons. The zero-order valence-corrected chi connectivity index (χ0v) is 14.2. The van der Waals surface area contributed by atoms with E-state index in [1.165, 1.54) is 0 Å². The lowest BCUT2D eigenvalue weighted by Crippen LogP contribution is -2.04. The topological polar surface area (TPSA) is 44.8 Å². The molecule has 0 saturated heterocycles. The van der Waals surface area contributed by atoms with E-state index < -0.39 is 7.60 Å². The Morgan fingerprint density at radius 2 is 1.60 bits per heavy atom. The quantitative estimate of drug-likeness (QED) is 0.701. The molecule has 0 bridgehead atoms. The molecule has 0 aliphatic carbocycles. The van der Waals surface area contributed by atoms with Gasteiger partial charge in [-0.25, -0.2) is 0 Å². The molecule has 0 fully saturated rings. The smallest absolute Gasteiger partial charge is 0.335 e. The average Bonchev–Trinajstić information content (AvgIpc) is 2.39. The Morgan fingerprint density at radius 1 is 1.05 bits per heavy atom. The molecule has 0 amide bonds. The third kappa shape index (κ3) is 3.85. The Labute approximate surface area is 122 Å². The highest BCUT2D eigenvalue weighted by Gasteiger charge is 2.26. The van der Waals surface area contributed by atoms with E-state index in [1.807, 2.05) is 40.7 Å². The first-order chi connectivity index (χ1) is 9.38. The summed E-state index contributed by atoms with van der Waals surface area (Å²) in [7, 11) is -1.42. The van der Waals surface area contributed by atoms with E-state index in [0.29, 0.717) is 19.4 Å². The summed E-state index contributed by atoms with van der Waals surface area (Å²) >= 11 is 0. The lowest BCUT2D eigenvalue weighted by atomic mass is 9.99. The maximum atomic E-state index is 12.7. The van der Waals surface area contributed by atoms with Gasteiger partial charge in [0.05, 0.1) is 26.5 Å². The molecule has 0 aliphatic rings. The SMILES string of the molecule is CCOP(=O)(Cc1c(C)cc(OC)c(C)c1C)OCC. The van der Waals surface area contributed by atoms with Gasteiger partial charge >= 0.3 is 7.60 Å². The summed E-state index contributed by atoms with van der Waals surface area (Å²) < 4.78 is 28.8. The van der Waals surface area contributed by atoms with Crippen molar-refractivity contribution < 1.29 is 18.3 Å². The number of hydrogen-bond acceptors (Lipinski definition) is 4. The highest BCUT2D eigenvalue weighted by atomic mass is 31.2. The fourth-order valence-corrected chi connectivity index (χ4v) is 4.19. The van der Waals surface area contributed by atoms with Crippen LogP contribution in [-0.4, -0.2) is 20.3 Å². The van der Waals surface area contributed by atoms with Crippen molar-refractivity contribution in [2.75, 3.05) is 20.3 Å². The molecule has 20 heavy (non-hydrogen) atoms. The Kier molecular flexibility index (Phi) is 6.25. The summed E-state index contributed by atoms with van der Waals surface area (Å²) in [4.78, 5) is 0. The Hall–Kier alpha value is -0.830. The third-order valence-corrected chi connectivity index (χ3v) is 5.44. The summed E-state index contributed by atoms with van der Waals surface area (Å²) in [5, 5.41) is 0. The minimum Gasteiger partial charge on any atom is -0.496 e. The van der Waals surface area contributed by atoms with E-state index in [9.17, 15) is 4.57 Å². The molecule has 0 aromatic heterocycles. The molecule has 4 nitrogen and oxygen atoms in total. The van der Waals surface area contributed by atoms with Crippen LogP contribution in [0.4, 0.5) is 0 Å². The molecule has 5 heteroatoms. The van der Waals surface area contributed by atoms with Crippen LogP contribution in [0.25, 0.3) is 0 Å². The third-order valence-electron chi connectivity index (χ3n) is 3.43. The first-order valence-corrected chi connectivity index (χ1v) is 8.63. The van der Waals surface area contributed by atoms with Gasteiger partial charge in [0.1, 0.15) is 5.75 Å². The molecule has 0 saturated carbocycles. The minimum atomic E-state index is -3.08. The Balaban J connectivity index is 3.20. The minimum absolute atomic E-state index is 0.303. The van der Waals surface area contributed by atoms with Gasteiger partial charge in [-0.15, -0.1) is 0 Å². The average molecular weight is 300 g/mol. The van der Waals surface area contributed by atoms with E-state index >= 15 is 0 Å². The van der Waals surface area contributed by atoms with Crippen LogP contribution in [0.1, 0.15) is 36.1 Å². The predicted octanol–water partition coefficient (Wildman–Crippen LogP) is 4.39. The van der Waals surface area contributed by atoms with Gasteiger partial charge in [-0.2, -0.15) is 0 Å². The van der Waals surface area contributed by atoms with Crippen molar-refractivity contribution in [2.45, 2.75) is 40.8 Å².